The Morgan fingerprint density at radius 1 is 1.31 bits per heavy atom. The lowest BCUT2D eigenvalue weighted by Gasteiger charge is -2.40. The molecule has 0 rings (SSSR count). The molecule has 78 valence electrons. The molecule has 13 heavy (non-hydrogen) atoms. The zero-order chi connectivity index (χ0) is 10.5. The molecular weight excluding hydrogens is 160 g/mol. The first-order chi connectivity index (χ1) is 6.05. The standard InChI is InChI=1S/C12H24O/c1-6-9-11(13)12(7-2,8-3)10(4)5/h6,10-11,13H,1,7-9H2,2-5H3. The maximum atomic E-state index is 10.1. The summed E-state index contributed by atoms with van der Waals surface area (Å²) in [5.41, 5.74) is 0.0776. The predicted molar refractivity (Wildman–Crippen MR) is 58.7 cm³/mol. The SMILES string of the molecule is C=CCC(O)C(CC)(CC)C(C)C. The summed E-state index contributed by atoms with van der Waals surface area (Å²) in [6.07, 6.45) is 4.36. The van der Waals surface area contributed by atoms with Gasteiger partial charge >= 0.3 is 0 Å². The van der Waals surface area contributed by atoms with Gasteiger partial charge in [-0.3, -0.25) is 0 Å². The first-order valence-corrected chi connectivity index (χ1v) is 5.34. The number of hydrogen-bond donors (Lipinski definition) is 1. The second-order valence-electron chi connectivity index (χ2n) is 4.14. The minimum Gasteiger partial charge on any atom is -0.392 e. The van der Waals surface area contributed by atoms with Crippen LogP contribution in [0.15, 0.2) is 12.7 Å². The van der Waals surface area contributed by atoms with E-state index in [0.29, 0.717) is 12.3 Å². The Balaban J connectivity index is 4.63. The van der Waals surface area contributed by atoms with Crippen LogP contribution in [-0.4, -0.2) is 11.2 Å². The molecule has 1 nitrogen and oxygen atoms in total. The van der Waals surface area contributed by atoms with Crippen LogP contribution in [0.25, 0.3) is 0 Å². The van der Waals surface area contributed by atoms with Crippen LogP contribution in [0.1, 0.15) is 47.0 Å². The van der Waals surface area contributed by atoms with Gasteiger partial charge in [-0.05, 0) is 30.6 Å². The van der Waals surface area contributed by atoms with E-state index < -0.39 is 0 Å². The van der Waals surface area contributed by atoms with Crippen molar-refractivity contribution in [2.24, 2.45) is 11.3 Å². The van der Waals surface area contributed by atoms with Crippen LogP contribution in [0.5, 0.6) is 0 Å². The van der Waals surface area contributed by atoms with Gasteiger partial charge in [-0.25, -0.2) is 0 Å². The fraction of sp³-hybridized carbons (Fsp3) is 0.833. The normalized spacial score (nSPS) is 14.6. The van der Waals surface area contributed by atoms with Crippen LogP contribution < -0.4 is 0 Å². The van der Waals surface area contributed by atoms with E-state index in [9.17, 15) is 5.11 Å². The van der Waals surface area contributed by atoms with Crippen molar-refractivity contribution >= 4 is 0 Å². The van der Waals surface area contributed by atoms with Crippen LogP contribution >= 0.6 is 0 Å². The number of hydrogen-bond acceptors (Lipinski definition) is 1. The molecule has 0 aromatic rings. The van der Waals surface area contributed by atoms with Crippen LogP contribution in [0.4, 0.5) is 0 Å². The Bertz CT molecular complexity index is 145. The summed E-state index contributed by atoms with van der Waals surface area (Å²) >= 11 is 0. The molecule has 0 aromatic carbocycles. The van der Waals surface area contributed by atoms with Crippen molar-refractivity contribution in [3.05, 3.63) is 12.7 Å². The molecule has 0 heterocycles. The molecule has 1 N–H and O–H groups in total. The average molecular weight is 184 g/mol. The summed E-state index contributed by atoms with van der Waals surface area (Å²) < 4.78 is 0. The maximum absolute atomic E-state index is 10.1. The van der Waals surface area contributed by atoms with Crippen molar-refractivity contribution in [3.63, 3.8) is 0 Å². The first kappa shape index (κ1) is 12.7. The molecule has 1 unspecified atom stereocenters. The van der Waals surface area contributed by atoms with E-state index >= 15 is 0 Å². The lowest BCUT2D eigenvalue weighted by atomic mass is 9.68. The molecule has 0 fully saturated rings. The Morgan fingerprint density at radius 2 is 1.77 bits per heavy atom. The van der Waals surface area contributed by atoms with Gasteiger partial charge in [0.05, 0.1) is 6.10 Å². The number of aliphatic hydroxyl groups is 1. The molecular formula is C12H24O. The van der Waals surface area contributed by atoms with Crippen LogP contribution in [0.3, 0.4) is 0 Å². The molecule has 0 aliphatic carbocycles. The summed E-state index contributed by atoms with van der Waals surface area (Å²) in [5.74, 6) is 0.525. The van der Waals surface area contributed by atoms with E-state index in [0.717, 1.165) is 12.8 Å². The third kappa shape index (κ3) is 2.57. The largest absolute Gasteiger partial charge is 0.392 e. The predicted octanol–water partition coefficient (Wildman–Crippen LogP) is 3.39. The van der Waals surface area contributed by atoms with E-state index in [1.807, 2.05) is 6.08 Å². The summed E-state index contributed by atoms with van der Waals surface area (Å²) in [4.78, 5) is 0. The molecule has 0 bridgehead atoms. The monoisotopic (exact) mass is 184 g/mol. The average Bonchev–Trinajstić information content (AvgIpc) is 2.07. The van der Waals surface area contributed by atoms with E-state index in [2.05, 4.69) is 34.3 Å². The van der Waals surface area contributed by atoms with Crippen LogP contribution in [-0.2, 0) is 0 Å². The van der Waals surface area contributed by atoms with Crippen molar-refractivity contribution in [2.45, 2.75) is 53.1 Å². The Morgan fingerprint density at radius 3 is 2.00 bits per heavy atom. The van der Waals surface area contributed by atoms with E-state index in [1.54, 1.807) is 0 Å². The van der Waals surface area contributed by atoms with Crippen molar-refractivity contribution in [1.82, 2.24) is 0 Å². The molecule has 0 amide bonds. The molecule has 0 aliphatic rings. The topological polar surface area (TPSA) is 20.2 Å². The van der Waals surface area contributed by atoms with Crippen LogP contribution in [0, 0.1) is 11.3 Å². The van der Waals surface area contributed by atoms with Gasteiger partial charge in [0.1, 0.15) is 0 Å². The van der Waals surface area contributed by atoms with Crippen LogP contribution in [0.2, 0.25) is 0 Å². The Hall–Kier alpha value is -0.300. The van der Waals surface area contributed by atoms with Crippen molar-refractivity contribution in [2.75, 3.05) is 0 Å². The van der Waals surface area contributed by atoms with E-state index in [1.165, 1.54) is 0 Å². The van der Waals surface area contributed by atoms with Gasteiger partial charge in [-0.1, -0.05) is 33.8 Å². The van der Waals surface area contributed by atoms with Gasteiger partial charge < -0.3 is 5.11 Å². The highest BCUT2D eigenvalue weighted by atomic mass is 16.3. The molecule has 0 radical (unpaired) electrons. The highest BCUT2D eigenvalue weighted by Crippen LogP contribution is 2.39. The van der Waals surface area contributed by atoms with Gasteiger partial charge in [-0.2, -0.15) is 0 Å². The molecule has 0 saturated heterocycles. The van der Waals surface area contributed by atoms with E-state index in [4.69, 9.17) is 0 Å². The smallest absolute Gasteiger partial charge is 0.0632 e. The summed E-state index contributed by atoms with van der Waals surface area (Å²) in [5, 5.41) is 10.1. The lowest BCUT2D eigenvalue weighted by molar-refractivity contribution is -0.0151. The summed E-state index contributed by atoms with van der Waals surface area (Å²) in [6.45, 7) is 12.4. The van der Waals surface area contributed by atoms with Gasteiger partial charge in [0.15, 0.2) is 0 Å². The fourth-order valence-electron chi connectivity index (χ4n) is 2.32. The molecule has 0 saturated carbocycles. The molecule has 0 aromatic heterocycles. The third-order valence-corrected chi connectivity index (χ3v) is 3.52. The molecule has 0 spiro atoms. The van der Waals surface area contributed by atoms with E-state index in [-0.39, 0.29) is 11.5 Å². The van der Waals surface area contributed by atoms with Gasteiger partial charge in [-0.15, -0.1) is 6.58 Å². The second-order valence-corrected chi connectivity index (χ2v) is 4.14. The summed E-state index contributed by atoms with van der Waals surface area (Å²) in [6, 6.07) is 0. The summed E-state index contributed by atoms with van der Waals surface area (Å²) in [7, 11) is 0. The number of rotatable bonds is 6. The lowest BCUT2D eigenvalue weighted by Crippen LogP contribution is -2.38. The highest BCUT2D eigenvalue weighted by molar-refractivity contribution is 4.90. The van der Waals surface area contributed by atoms with Gasteiger partial charge in [0.2, 0.25) is 0 Å². The molecule has 1 atom stereocenters. The van der Waals surface area contributed by atoms with Gasteiger partial charge in [0, 0.05) is 0 Å². The zero-order valence-electron chi connectivity index (χ0n) is 9.51. The zero-order valence-corrected chi connectivity index (χ0v) is 9.51. The minimum atomic E-state index is -0.236. The maximum Gasteiger partial charge on any atom is 0.0632 e. The second kappa shape index (κ2) is 5.43. The van der Waals surface area contributed by atoms with Crippen molar-refractivity contribution in [3.8, 4) is 0 Å². The molecule has 1 heteroatoms. The van der Waals surface area contributed by atoms with Gasteiger partial charge in [0.25, 0.3) is 0 Å². The quantitative estimate of drug-likeness (QED) is 0.627. The Kier molecular flexibility index (Phi) is 5.31. The molecule has 0 aliphatic heterocycles. The number of aliphatic hydroxyl groups excluding tert-OH is 1. The van der Waals surface area contributed by atoms with Crippen molar-refractivity contribution < 1.29 is 5.11 Å². The van der Waals surface area contributed by atoms with Crippen molar-refractivity contribution in [1.29, 1.82) is 0 Å². The minimum absolute atomic E-state index is 0.0776. The Labute approximate surface area is 82.9 Å². The third-order valence-electron chi connectivity index (χ3n) is 3.52. The highest BCUT2D eigenvalue weighted by Gasteiger charge is 2.36. The first-order valence-electron chi connectivity index (χ1n) is 5.34. The fourth-order valence-corrected chi connectivity index (χ4v) is 2.32.